The van der Waals surface area contributed by atoms with Crippen LogP contribution in [0, 0.1) is 17.3 Å². The van der Waals surface area contributed by atoms with Crippen molar-refractivity contribution in [3.05, 3.63) is 0 Å². The van der Waals surface area contributed by atoms with Crippen LogP contribution in [0.25, 0.3) is 0 Å². The number of rotatable bonds is 3. The van der Waals surface area contributed by atoms with Gasteiger partial charge in [-0.25, -0.2) is 0 Å². The van der Waals surface area contributed by atoms with Gasteiger partial charge in [-0.05, 0) is 36.6 Å². The van der Waals surface area contributed by atoms with E-state index in [0.717, 1.165) is 12.8 Å². The largest absolute Gasteiger partial charge is 0.481 e. The van der Waals surface area contributed by atoms with E-state index in [-0.39, 0.29) is 11.8 Å². The minimum absolute atomic E-state index is 0.134. The molecule has 0 aromatic heterocycles. The molecule has 0 aliphatic heterocycles. The number of hydrogen-bond acceptors (Lipinski definition) is 2. The monoisotopic (exact) mass is 185 g/mol. The maximum absolute atomic E-state index is 10.7. The molecule has 3 nitrogen and oxygen atoms in total. The Labute approximate surface area is 79.3 Å². The van der Waals surface area contributed by atoms with Gasteiger partial charge in [0.1, 0.15) is 0 Å². The molecule has 0 heterocycles. The second-order valence-corrected chi connectivity index (χ2v) is 4.58. The summed E-state index contributed by atoms with van der Waals surface area (Å²) in [5.74, 6) is 0.355. The van der Waals surface area contributed by atoms with Crippen molar-refractivity contribution in [3.63, 3.8) is 0 Å². The minimum Gasteiger partial charge on any atom is -0.481 e. The number of carboxylic acid groups (broad SMARTS) is 1. The van der Waals surface area contributed by atoms with Gasteiger partial charge < -0.3 is 10.8 Å². The SMILES string of the molecule is C[C@H]1C[C@H](C)[C@](CN)(CC(=O)O)C1. The third kappa shape index (κ3) is 2.02. The van der Waals surface area contributed by atoms with E-state index in [9.17, 15) is 4.79 Å². The lowest BCUT2D eigenvalue weighted by atomic mass is 9.76. The highest BCUT2D eigenvalue weighted by molar-refractivity contribution is 5.67. The van der Waals surface area contributed by atoms with Crippen LogP contribution < -0.4 is 5.73 Å². The fraction of sp³-hybridized carbons (Fsp3) is 0.900. The van der Waals surface area contributed by atoms with Crippen molar-refractivity contribution >= 4 is 5.97 Å². The Morgan fingerprint density at radius 3 is 2.54 bits per heavy atom. The van der Waals surface area contributed by atoms with Crippen LogP contribution in [-0.4, -0.2) is 17.6 Å². The molecular weight excluding hydrogens is 166 g/mol. The lowest BCUT2D eigenvalue weighted by molar-refractivity contribution is -0.140. The topological polar surface area (TPSA) is 63.3 Å². The summed E-state index contributed by atoms with van der Waals surface area (Å²) in [7, 11) is 0. The van der Waals surface area contributed by atoms with Gasteiger partial charge >= 0.3 is 5.97 Å². The average molecular weight is 185 g/mol. The zero-order valence-electron chi connectivity index (χ0n) is 8.42. The van der Waals surface area contributed by atoms with E-state index in [1.807, 2.05) is 0 Å². The maximum Gasteiger partial charge on any atom is 0.303 e. The molecular formula is C10H19NO2. The summed E-state index contributed by atoms with van der Waals surface area (Å²) in [5, 5.41) is 8.82. The molecule has 0 radical (unpaired) electrons. The predicted octanol–water partition coefficient (Wildman–Crippen LogP) is 1.47. The number of carboxylic acids is 1. The van der Waals surface area contributed by atoms with E-state index in [0.29, 0.717) is 18.4 Å². The number of aliphatic carboxylic acids is 1. The molecule has 76 valence electrons. The molecule has 0 saturated heterocycles. The van der Waals surface area contributed by atoms with E-state index in [1.54, 1.807) is 0 Å². The zero-order valence-corrected chi connectivity index (χ0v) is 8.42. The molecule has 0 spiro atoms. The molecule has 13 heavy (non-hydrogen) atoms. The molecule has 1 aliphatic rings. The van der Waals surface area contributed by atoms with Gasteiger partial charge in [-0.3, -0.25) is 4.79 Å². The van der Waals surface area contributed by atoms with Crippen molar-refractivity contribution in [3.8, 4) is 0 Å². The van der Waals surface area contributed by atoms with Crippen LogP contribution in [-0.2, 0) is 4.79 Å². The molecule has 0 bridgehead atoms. The van der Waals surface area contributed by atoms with Gasteiger partial charge in [0.05, 0.1) is 6.42 Å². The van der Waals surface area contributed by atoms with E-state index in [2.05, 4.69) is 13.8 Å². The van der Waals surface area contributed by atoms with Crippen LogP contribution in [0.15, 0.2) is 0 Å². The van der Waals surface area contributed by atoms with Gasteiger partial charge in [0, 0.05) is 0 Å². The first-order valence-corrected chi connectivity index (χ1v) is 4.92. The van der Waals surface area contributed by atoms with Gasteiger partial charge in [0.15, 0.2) is 0 Å². The zero-order chi connectivity index (χ0) is 10.1. The minimum atomic E-state index is -0.716. The summed E-state index contributed by atoms with van der Waals surface area (Å²) < 4.78 is 0. The summed E-state index contributed by atoms with van der Waals surface area (Å²) in [6.45, 7) is 4.81. The number of nitrogens with two attached hydrogens (primary N) is 1. The van der Waals surface area contributed by atoms with E-state index >= 15 is 0 Å². The lowest BCUT2D eigenvalue weighted by Gasteiger charge is -2.30. The highest BCUT2D eigenvalue weighted by Gasteiger charge is 2.43. The number of hydrogen-bond donors (Lipinski definition) is 2. The van der Waals surface area contributed by atoms with Crippen LogP contribution in [0.2, 0.25) is 0 Å². The molecule has 1 fully saturated rings. The van der Waals surface area contributed by atoms with Crippen molar-refractivity contribution in [2.45, 2.75) is 33.1 Å². The summed E-state index contributed by atoms with van der Waals surface area (Å²) >= 11 is 0. The average Bonchev–Trinajstić information content (AvgIpc) is 2.26. The van der Waals surface area contributed by atoms with E-state index in [4.69, 9.17) is 10.8 Å². The molecule has 3 heteroatoms. The second-order valence-electron chi connectivity index (χ2n) is 4.58. The molecule has 1 rings (SSSR count). The van der Waals surface area contributed by atoms with Gasteiger partial charge in [-0.15, -0.1) is 0 Å². The van der Waals surface area contributed by atoms with E-state index in [1.165, 1.54) is 0 Å². The molecule has 1 saturated carbocycles. The number of carbonyl (C=O) groups is 1. The molecule has 0 aromatic carbocycles. The third-order valence-corrected chi connectivity index (χ3v) is 3.47. The maximum atomic E-state index is 10.7. The Kier molecular flexibility index (Phi) is 2.96. The Hall–Kier alpha value is -0.570. The van der Waals surface area contributed by atoms with Gasteiger partial charge in [0.25, 0.3) is 0 Å². The van der Waals surface area contributed by atoms with Gasteiger partial charge in [-0.1, -0.05) is 13.8 Å². The second kappa shape index (κ2) is 3.66. The van der Waals surface area contributed by atoms with Crippen LogP contribution in [0.3, 0.4) is 0 Å². The van der Waals surface area contributed by atoms with Crippen LogP contribution in [0.5, 0.6) is 0 Å². The quantitative estimate of drug-likeness (QED) is 0.700. The first-order chi connectivity index (χ1) is 6.00. The fourth-order valence-corrected chi connectivity index (χ4v) is 2.74. The van der Waals surface area contributed by atoms with Crippen LogP contribution in [0.1, 0.15) is 33.1 Å². The third-order valence-electron chi connectivity index (χ3n) is 3.47. The van der Waals surface area contributed by atoms with Crippen molar-refractivity contribution in [1.29, 1.82) is 0 Å². The van der Waals surface area contributed by atoms with Gasteiger partial charge in [0.2, 0.25) is 0 Å². The highest BCUT2D eigenvalue weighted by Crippen LogP contribution is 2.47. The summed E-state index contributed by atoms with van der Waals surface area (Å²) in [6.07, 6.45) is 2.32. The molecule has 3 atom stereocenters. The summed E-state index contributed by atoms with van der Waals surface area (Å²) in [6, 6.07) is 0. The summed E-state index contributed by atoms with van der Waals surface area (Å²) in [4.78, 5) is 10.7. The first-order valence-electron chi connectivity index (χ1n) is 4.92. The summed E-state index contributed by atoms with van der Waals surface area (Å²) in [5.41, 5.74) is 5.57. The first kappa shape index (κ1) is 10.5. The van der Waals surface area contributed by atoms with Crippen molar-refractivity contribution in [2.75, 3.05) is 6.54 Å². The Morgan fingerprint density at radius 1 is 1.62 bits per heavy atom. The molecule has 0 aromatic rings. The molecule has 0 unspecified atom stereocenters. The van der Waals surface area contributed by atoms with Crippen molar-refractivity contribution in [2.24, 2.45) is 23.0 Å². The molecule has 0 amide bonds. The van der Waals surface area contributed by atoms with Crippen LogP contribution >= 0.6 is 0 Å². The molecule has 3 N–H and O–H groups in total. The predicted molar refractivity (Wildman–Crippen MR) is 51.3 cm³/mol. The van der Waals surface area contributed by atoms with Gasteiger partial charge in [-0.2, -0.15) is 0 Å². The lowest BCUT2D eigenvalue weighted by Crippen LogP contribution is -2.35. The van der Waals surface area contributed by atoms with Crippen LogP contribution in [0.4, 0.5) is 0 Å². The highest BCUT2D eigenvalue weighted by atomic mass is 16.4. The van der Waals surface area contributed by atoms with Crippen molar-refractivity contribution in [1.82, 2.24) is 0 Å². The standard InChI is InChI=1S/C10H19NO2/c1-7-3-8(2)10(4-7,6-11)5-9(12)13/h7-8H,3-6,11H2,1-2H3,(H,12,13)/t7-,8-,10-/m0/s1. The normalized spacial score (nSPS) is 39.3. The Balaban J connectivity index is 2.74. The Bertz CT molecular complexity index is 205. The van der Waals surface area contributed by atoms with E-state index < -0.39 is 5.97 Å². The smallest absolute Gasteiger partial charge is 0.303 e. The van der Waals surface area contributed by atoms with Crippen molar-refractivity contribution < 1.29 is 9.90 Å². The Morgan fingerprint density at radius 2 is 2.23 bits per heavy atom. The fourth-order valence-electron chi connectivity index (χ4n) is 2.74. The molecule has 1 aliphatic carbocycles.